The van der Waals surface area contributed by atoms with Gasteiger partial charge in [0.2, 0.25) is 0 Å². The molecular weight excluding hydrogens is 429 g/mol. The molecule has 0 aliphatic rings. The fraction of sp³-hybridized carbons (Fsp3) is 0.250. The lowest BCUT2D eigenvalue weighted by atomic mass is 10.0. The molecule has 3 N–H and O–H groups in total. The molecule has 0 saturated carbocycles. The first-order chi connectivity index (χ1) is 14.9. The predicted molar refractivity (Wildman–Crippen MR) is 131 cm³/mol. The summed E-state index contributed by atoms with van der Waals surface area (Å²) in [6.45, 7) is 0. The molecule has 0 spiro atoms. The van der Waals surface area contributed by atoms with Crippen LogP contribution < -0.4 is 4.90 Å². The monoisotopic (exact) mass is 459 g/mol. The zero-order valence-corrected chi connectivity index (χ0v) is 19.2. The zero-order valence-electron chi connectivity index (χ0n) is 17.4. The maximum Gasteiger partial charge on any atom is 0.466 e. The van der Waals surface area contributed by atoms with Gasteiger partial charge in [0.15, 0.2) is 0 Å². The van der Waals surface area contributed by atoms with Crippen molar-refractivity contribution in [2.24, 2.45) is 0 Å². The number of phosphoric acid groups is 1. The summed E-state index contributed by atoms with van der Waals surface area (Å²) in [6.07, 6.45) is 6.09. The molecule has 0 fully saturated rings. The second-order valence-electron chi connectivity index (χ2n) is 7.04. The number of unbranched alkanes of at least 4 members (excludes halogenated alkanes) is 3. The molecule has 0 aromatic heterocycles. The molecule has 0 bridgehead atoms. The summed E-state index contributed by atoms with van der Waals surface area (Å²) < 4.78 is 8.88. The van der Waals surface area contributed by atoms with Crippen LogP contribution >= 0.6 is 20.5 Å². The van der Waals surface area contributed by atoms with Crippen molar-refractivity contribution in [2.75, 3.05) is 10.7 Å². The third-order valence-electron chi connectivity index (χ3n) is 4.62. The Hall–Kier alpha value is -2.08. The number of benzene rings is 3. The van der Waals surface area contributed by atoms with Gasteiger partial charge >= 0.3 is 7.82 Å². The summed E-state index contributed by atoms with van der Waals surface area (Å²) >= 11 is 4.31. The third kappa shape index (κ3) is 9.72. The van der Waals surface area contributed by atoms with Gasteiger partial charge in [-0.2, -0.15) is 12.6 Å². The van der Waals surface area contributed by atoms with Crippen LogP contribution in [0.1, 0.15) is 31.2 Å². The van der Waals surface area contributed by atoms with E-state index >= 15 is 0 Å². The van der Waals surface area contributed by atoms with E-state index in [9.17, 15) is 0 Å². The van der Waals surface area contributed by atoms with Crippen molar-refractivity contribution in [3.8, 4) is 0 Å². The molecule has 3 rings (SSSR count). The molecule has 3 aromatic carbocycles. The molecule has 0 aliphatic heterocycles. The summed E-state index contributed by atoms with van der Waals surface area (Å²) in [7, 11) is -4.64. The molecule has 166 valence electrons. The van der Waals surface area contributed by atoms with Crippen molar-refractivity contribution in [2.45, 2.75) is 32.1 Å². The van der Waals surface area contributed by atoms with Gasteiger partial charge in [-0.05, 0) is 60.9 Å². The van der Waals surface area contributed by atoms with Crippen molar-refractivity contribution in [1.29, 1.82) is 0 Å². The summed E-state index contributed by atoms with van der Waals surface area (Å²) in [6, 6.07) is 30.1. The van der Waals surface area contributed by atoms with Gasteiger partial charge in [-0.25, -0.2) is 4.57 Å². The minimum atomic E-state index is -4.64. The minimum Gasteiger partial charge on any atom is -0.310 e. The Labute approximate surface area is 190 Å². The standard InChI is InChI=1S/C24H27NS.H3O4P/c26-20-12-2-1-5-13-21-14-10-11-19-24(21)25(22-15-6-3-7-16-22)23-17-8-4-9-18-23;1-5(2,3)4/h3-4,6-11,14-19,26H,1-2,5,12-13,20H2;(H3,1,2,3,4). The lowest BCUT2D eigenvalue weighted by Crippen LogP contribution is -2.12. The molecule has 31 heavy (non-hydrogen) atoms. The van der Waals surface area contributed by atoms with Gasteiger partial charge in [0, 0.05) is 17.1 Å². The Morgan fingerprint density at radius 1 is 0.677 bits per heavy atom. The highest BCUT2D eigenvalue weighted by Gasteiger charge is 2.14. The van der Waals surface area contributed by atoms with E-state index in [1.54, 1.807) is 0 Å². The summed E-state index contributed by atoms with van der Waals surface area (Å²) in [5.74, 6) is 0.992. The highest BCUT2D eigenvalue weighted by atomic mass is 32.1. The topological polar surface area (TPSA) is 81.0 Å². The van der Waals surface area contributed by atoms with Crippen molar-refractivity contribution < 1.29 is 19.2 Å². The number of rotatable bonds is 9. The Balaban J connectivity index is 0.000000614. The van der Waals surface area contributed by atoms with Gasteiger partial charge in [0.25, 0.3) is 0 Å². The molecule has 0 saturated heterocycles. The average Bonchev–Trinajstić information content (AvgIpc) is 2.75. The second kappa shape index (κ2) is 13.4. The van der Waals surface area contributed by atoms with Crippen LogP contribution in [-0.2, 0) is 11.0 Å². The van der Waals surface area contributed by atoms with Gasteiger partial charge < -0.3 is 19.6 Å². The van der Waals surface area contributed by atoms with Crippen LogP contribution in [0.25, 0.3) is 0 Å². The average molecular weight is 460 g/mol. The minimum absolute atomic E-state index is 0.992. The van der Waals surface area contributed by atoms with Crippen LogP contribution in [-0.4, -0.2) is 20.4 Å². The number of nitrogens with zero attached hydrogens (tertiary/aromatic N) is 1. The van der Waals surface area contributed by atoms with Crippen molar-refractivity contribution in [3.63, 3.8) is 0 Å². The number of aryl methyl sites for hydroxylation is 1. The zero-order chi connectivity index (χ0) is 22.5. The largest absolute Gasteiger partial charge is 0.466 e. The van der Waals surface area contributed by atoms with E-state index in [4.69, 9.17) is 19.2 Å². The van der Waals surface area contributed by atoms with Crippen LogP contribution in [0.5, 0.6) is 0 Å². The van der Waals surface area contributed by atoms with E-state index in [1.165, 1.54) is 48.3 Å². The number of para-hydroxylation sites is 3. The van der Waals surface area contributed by atoms with Crippen molar-refractivity contribution >= 4 is 37.5 Å². The second-order valence-corrected chi connectivity index (χ2v) is 8.51. The Bertz CT molecular complexity index is 887. The van der Waals surface area contributed by atoms with Gasteiger partial charge in [0.05, 0.1) is 0 Å². The third-order valence-corrected chi connectivity index (χ3v) is 4.93. The Morgan fingerprint density at radius 3 is 1.65 bits per heavy atom. The lowest BCUT2D eigenvalue weighted by molar-refractivity contribution is 0.275. The molecular formula is C24H30NO4PS. The van der Waals surface area contributed by atoms with E-state index in [-0.39, 0.29) is 0 Å². The first-order valence-corrected chi connectivity index (χ1v) is 12.5. The molecule has 0 heterocycles. The lowest BCUT2D eigenvalue weighted by Gasteiger charge is -2.27. The quantitative estimate of drug-likeness (QED) is 0.172. The van der Waals surface area contributed by atoms with E-state index < -0.39 is 7.82 Å². The number of hydrogen-bond donors (Lipinski definition) is 4. The molecule has 7 heteroatoms. The van der Waals surface area contributed by atoms with Crippen LogP contribution in [0.2, 0.25) is 0 Å². The highest BCUT2D eigenvalue weighted by molar-refractivity contribution is 7.80. The number of anilines is 3. The summed E-state index contributed by atoms with van der Waals surface area (Å²) in [5, 5.41) is 0. The van der Waals surface area contributed by atoms with Gasteiger partial charge in [-0.3, -0.25) is 0 Å². The molecule has 0 aliphatic carbocycles. The first-order valence-electron chi connectivity index (χ1n) is 10.3. The maximum atomic E-state index is 8.88. The molecule has 0 unspecified atom stereocenters. The summed E-state index contributed by atoms with van der Waals surface area (Å²) in [4.78, 5) is 23.9. The van der Waals surface area contributed by atoms with Gasteiger partial charge in [-0.15, -0.1) is 0 Å². The molecule has 5 nitrogen and oxygen atoms in total. The van der Waals surface area contributed by atoms with E-state index in [0.717, 1.165) is 12.2 Å². The van der Waals surface area contributed by atoms with Crippen LogP contribution in [0, 0.1) is 0 Å². The maximum absolute atomic E-state index is 8.88. The summed E-state index contributed by atoms with van der Waals surface area (Å²) in [5.41, 5.74) is 5.08. The fourth-order valence-corrected chi connectivity index (χ4v) is 3.53. The van der Waals surface area contributed by atoms with E-state index in [0.29, 0.717) is 0 Å². The normalized spacial score (nSPS) is 10.8. The molecule has 0 radical (unpaired) electrons. The van der Waals surface area contributed by atoms with Crippen LogP contribution in [0.15, 0.2) is 84.9 Å². The number of thiol groups is 1. The van der Waals surface area contributed by atoms with Crippen LogP contribution in [0.3, 0.4) is 0 Å². The van der Waals surface area contributed by atoms with E-state index in [2.05, 4.69) is 102 Å². The van der Waals surface area contributed by atoms with Gasteiger partial charge in [0.1, 0.15) is 0 Å². The fourth-order valence-electron chi connectivity index (χ4n) is 3.30. The highest BCUT2D eigenvalue weighted by Crippen LogP contribution is 2.36. The molecule has 0 atom stereocenters. The van der Waals surface area contributed by atoms with Crippen LogP contribution in [0.4, 0.5) is 17.1 Å². The number of hydrogen-bond acceptors (Lipinski definition) is 3. The predicted octanol–water partition coefficient (Wildman–Crippen LogP) is 6.26. The smallest absolute Gasteiger partial charge is 0.310 e. The molecule has 3 aromatic rings. The molecule has 0 amide bonds. The van der Waals surface area contributed by atoms with Crippen molar-refractivity contribution in [1.82, 2.24) is 0 Å². The van der Waals surface area contributed by atoms with Crippen molar-refractivity contribution in [3.05, 3.63) is 90.5 Å². The first kappa shape index (κ1) is 25.2. The van der Waals surface area contributed by atoms with E-state index in [1.807, 2.05) is 0 Å². The Kier molecular flexibility index (Phi) is 10.9. The van der Waals surface area contributed by atoms with Gasteiger partial charge in [-0.1, -0.05) is 67.4 Å². The Morgan fingerprint density at radius 2 is 1.13 bits per heavy atom. The SMILES string of the molecule is O=P(O)(O)O.SCCCCCCc1ccccc1N(c1ccccc1)c1ccccc1.